The first-order valence-electron chi connectivity index (χ1n) is 6.17. The Morgan fingerprint density at radius 2 is 1.67 bits per heavy atom. The van der Waals surface area contributed by atoms with Gasteiger partial charge in [-0.3, -0.25) is 25.2 Å². The van der Waals surface area contributed by atoms with Crippen molar-refractivity contribution in [3.63, 3.8) is 0 Å². The third kappa shape index (κ3) is 3.38. The molecule has 2 aromatic heterocycles. The number of thiophene rings is 1. The third-order valence-corrected chi connectivity index (χ3v) is 3.94. The highest BCUT2D eigenvalue weighted by atomic mass is 32.1. The van der Waals surface area contributed by atoms with Crippen LogP contribution in [-0.4, -0.2) is 17.6 Å². The average Bonchev–Trinajstić information content (AvgIpc) is 3.02. The Labute approximate surface area is 125 Å². The number of Topliss-reactive ketones (excluding diaryl/α,β-unsaturated/α-hetero) is 1. The zero-order chi connectivity index (χ0) is 15.6. The number of nitrogens with one attached hydrogen (secondary N) is 2. The van der Waals surface area contributed by atoms with E-state index in [4.69, 9.17) is 4.42 Å². The number of hydrogen-bond acceptors (Lipinski definition) is 5. The SMILES string of the molecule is CC(=O)c1ccc(C(=O)NNC(=O)c2cc(C)oc2C)s1. The van der Waals surface area contributed by atoms with Crippen LogP contribution in [0, 0.1) is 13.8 Å². The number of rotatable bonds is 3. The monoisotopic (exact) mass is 306 g/mol. The molecule has 0 saturated carbocycles. The predicted molar refractivity (Wildman–Crippen MR) is 77.4 cm³/mol. The molecule has 0 aliphatic heterocycles. The smallest absolute Gasteiger partial charge is 0.279 e. The fourth-order valence-electron chi connectivity index (χ4n) is 1.75. The van der Waals surface area contributed by atoms with Crippen molar-refractivity contribution in [2.24, 2.45) is 0 Å². The predicted octanol–water partition coefficient (Wildman–Crippen LogP) is 2.24. The van der Waals surface area contributed by atoms with Crippen LogP contribution < -0.4 is 10.9 Å². The molecule has 2 N–H and O–H groups in total. The summed E-state index contributed by atoms with van der Waals surface area (Å²) in [7, 11) is 0. The molecule has 21 heavy (non-hydrogen) atoms. The quantitative estimate of drug-likeness (QED) is 0.672. The van der Waals surface area contributed by atoms with Gasteiger partial charge in [0.2, 0.25) is 0 Å². The van der Waals surface area contributed by atoms with Crippen LogP contribution in [0.5, 0.6) is 0 Å². The molecule has 0 spiro atoms. The van der Waals surface area contributed by atoms with Gasteiger partial charge in [0, 0.05) is 0 Å². The maximum atomic E-state index is 11.9. The second kappa shape index (κ2) is 5.92. The Bertz CT molecular complexity index is 714. The lowest BCUT2D eigenvalue weighted by Gasteiger charge is -2.05. The van der Waals surface area contributed by atoms with Crippen LogP contribution in [0.25, 0.3) is 0 Å². The molecule has 110 valence electrons. The molecule has 6 nitrogen and oxygen atoms in total. The molecule has 2 heterocycles. The lowest BCUT2D eigenvalue weighted by atomic mass is 10.2. The molecule has 0 bridgehead atoms. The van der Waals surface area contributed by atoms with Crippen LogP contribution in [0.3, 0.4) is 0 Å². The molecule has 0 unspecified atom stereocenters. The summed E-state index contributed by atoms with van der Waals surface area (Å²) in [6.45, 7) is 4.83. The van der Waals surface area contributed by atoms with Crippen LogP contribution in [0.1, 0.15) is 48.1 Å². The molecule has 0 fully saturated rings. The van der Waals surface area contributed by atoms with Gasteiger partial charge in [0.15, 0.2) is 5.78 Å². The standard InChI is InChI=1S/C14H14N2O4S/c1-7-6-10(9(3)20-7)13(18)15-16-14(19)12-5-4-11(21-12)8(2)17/h4-6H,1-3H3,(H,15,18)(H,16,19). The van der Waals surface area contributed by atoms with E-state index in [0.717, 1.165) is 11.3 Å². The molecular formula is C14H14N2O4S. The molecule has 2 aromatic rings. The van der Waals surface area contributed by atoms with Crippen LogP contribution in [0.2, 0.25) is 0 Å². The summed E-state index contributed by atoms with van der Waals surface area (Å²) < 4.78 is 5.25. The Balaban J connectivity index is 1.99. The first kappa shape index (κ1) is 15.0. The Hall–Kier alpha value is -2.41. The van der Waals surface area contributed by atoms with Crippen molar-refractivity contribution in [2.45, 2.75) is 20.8 Å². The summed E-state index contributed by atoms with van der Waals surface area (Å²) in [5, 5.41) is 0. The fourth-order valence-corrected chi connectivity index (χ4v) is 2.54. The van der Waals surface area contributed by atoms with Gasteiger partial charge < -0.3 is 4.42 Å². The van der Waals surface area contributed by atoms with Crippen molar-refractivity contribution in [1.29, 1.82) is 0 Å². The minimum Gasteiger partial charge on any atom is -0.466 e. The molecule has 2 amide bonds. The second-order valence-electron chi connectivity index (χ2n) is 4.46. The van der Waals surface area contributed by atoms with E-state index in [1.54, 1.807) is 26.0 Å². The van der Waals surface area contributed by atoms with Gasteiger partial charge in [0.25, 0.3) is 11.8 Å². The number of amides is 2. The first-order chi connectivity index (χ1) is 9.88. The van der Waals surface area contributed by atoms with Gasteiger partial charge in [-0.1, -0.05) is 0 Å². The number of carbonyl (C=O) groups is 3. The second-order valence-corrected chi connectivity index (χ2v) is 5.54. The summed E-state index contributed by atoms with van der Waals surface area (Å²) in [6, 6.07) is 4.71. The van der Waals surface area contributed by atoms with E-state index in [1.165, 1.54) is 13.0 Å². The molecule has 0 radical (unpaired) electrons. The summed E-state index contributed by atoms with van der Waals surface area (Å²) >= 11 is 1.07. The molecule has 0 atom stereocenters. The van der Waals surface area contributed by atoms with Gasteiger partial charge in [0.1, 0.15) is 11.5 Å². The zero-order valence-electron chi connectivity index (χ0n) is 11.8. The normalized spacial score (nSPS) is 10.2. The van der Waals surface area contributed by atoms with Gasteiger partial charge >= 0.3 is 0 Å². The topological polar surface area (TPSA) is 88.4 Å². The van der Waals surface area contributed by atoms with E-state index in [9.17, 15) is 14.4 Å². The molecule has 0 aliphatic rings. The maximum absolute atomic E-state index is 11.9. The van der Waals surface area contributed by atoms with Crippen molar-refractivity contribution < 1.29 is 18.8 Å². The number of hydrogen-bond donors (Lipinski definition) is 2. The Morgan fingerprint density at radius 3 is 2.19 bits per heavy atom. The minimum atomic E-state index is -0.473. The maximum Gasteiger partial charge on any atom is 0.279 e. The fraction of sp³-hybridized carbons (Fsp3) is 0.214. The van der Waals surface area contributed by atoms with Crippen molar-refractivity contribution >= 4 is 28.9 Å². The van der Waals surface area contributed by atoms with Crippen LogP contribution in [0.15, 0.2) is 22.6 Å². The highest BCUT2D eigenvalue weighted by Crippen LogP contribution is 2.17. The summed E-state index contributed by atoms with van der Waals surface area (Å²) in [5.74, 6) is 0.0647. The van der Waals surface area contributed by atoms with Gasteiger partial charge in [-0.05, 0) is 39.0 Å². The van der Waals surface area contributed by atoms with Crippen molar-refractivity contribution in [3.8, 4) is 0 Å². The van der Waals surface area contributed by atoms with Crippen molar-refractivity contribution in [2.75, 3.05) is 0 Å². The van der Waals surface area contributed by atoms with Gasteiger partial charge in [-0.25, -0.2) is 0 Å². The highest BCUT2D eigenvalue weighted by molar-refractivity contribution is 7.15. The summed E-state index contributed by atoms with van der Waals surface area (Å²) in [4.78, 5) is 35.8. The third-order valence-electron chi connectivity index (χ3n) is 2.75. The van der Waals surface area contributed by atoms with Crippen molar-refractivity contribution in [3.05, 3.63) is 45.0 Å². The summed E-state index contributed by atoms with van der Waals surface area (Å²) in [6.07, 6.45) is 0. The van der Waals surface area contributed by atoms with Crippen LogP contribution in [0.4, 0.5) is 0 Å². The van der Waals surface area contributed by atoms with E-state index >= 15 is 0 Å². The zero-order valence-corrected chi connectivity index (χ0v) is 12.6. The van der Waals surface area contributed by atoms with Crippen molar-refractivity contribution in [1.82, 2.24) is 10.9 Å². The van der Waals surface area contributed by atoms with E-state index in [-0.39, 0.29) is 5.78 Å². The van der Waals surface area contributed by atoms with E-state index in [0.29, 0.717) is 26.8 Å². The molecule has 0 aromatic carbocycles. The Kier molecular flexibility index (Phi) is 4.23. The first-order valence-corrected chi connectivity index (χ1v) is 6.98. The Morgan fingerprint density at radius 1 is 1.05 bits per heavy atom. The molecule has 0 aliphatic carbocycles. The van der Waals surface area contributed by atoms with Crippen LogP contribution >= 0.6 is 11.3 Å². The van der Waals surface area contributed by atoms with E-state index in [1.807, 2.05) is 0 Å². The molecular weight excluding hydrogens is 292 g/mol. The van der Waals surface area contributed by atoms with Gasteiger partial charge in [-0.15, -0.1) is 11.3 Å². The number of hydrazine groups is 1. The van der Waals surface area contributed by atoms with E-state index in [2.05, 4.69) is 10.9 Å². The number of aryl methyl sites for hydroxylation is 2. The van der Waals surface area contributed by atoms with E-state index < -0.39 is 11.8 Å². The van der Waals surface area contributed by atoms with Gasteiger partial charge in [-0.2, -0.15) is 0 Å². The van der Waals surface area contributed by atoms with Gasteiger partial charge in [0.05, 0.1) is 15.3 Å². The molecule has 2 rings (SSSR count). The lowest BCUT2D eigenvalue weighted by molar-refractivity contribution is 0.0848. The lowest BCUT2D eigenvalue weighted by Crippen LogP contribution is -2.41. The number of furan rings is 1. The average molecular weight is 306 g/mol. The minimum absolute atomic E-state index is 0.104. The highest BCUT2D eigenvalue weighted by Gasteiger charge is 2.16. The summed E-state index contributed by atoms with van der Waals surface area (Å²) in [5.41, 5.74) is 4.98. The number of ketones is 1. The molecule has 0 saturated heterocycles. The number of carbonyl (C=O) groups excluding carboxylic acids is 3. The molecule has 7 heteroatoms. The van der Waals surface area contributed by atoms with Crippen LogP contribution in [-0.2, 0) is 0 Å². The largest absolute Gasteiger partial charge is 0.466 e.